The van der Waals surface area contributed by atoms with Crippen LogP contribution < -0.4 is 5.32 Å². The molecule has 1 saturated heterocycles. The van der Waals surface area contributed by atoms with Gasteiger partial charge in [-0.25, -0.2) is 0 Å². The number of carbonyl (C=O) groups excluding carboxylic acids is 1. The summed E-state index contributed by atoms with van der Waals surface area (Å²) >= 11 is 0. The molecule has 1 heterocycles. The van der Waals surface area contributed by atoms with E-state index in [-0.39, 0.29) is 5.91 Å². The number of carbonyl (C=O) groups is 1. The Morgan fingerprint density at radius 1 is 1.40 bits per heavy atom. The molecule has 0 bridgehead atoms. The fourth-order valence-electron chi connectivity index (χ4n) is 2.67. The van der Waals surface area contributed by atoms with Gasteiger partial charge >= 0.3 is 0 Å². The van der Waals surface area contributed by atoms with Crippen LogP contribution >= 0.6 is 0 Å². The summed E-state index contributed by atoms with van der Waals surface area (Å²) in [7, 11) is 3.15. The van der Waals surface area contributed by atoms with Crippen molar-refractivity contribution in [2.24, 2.45) is 5.41 Å². The molecule has 1 aliphatic heterocycles. The lowest BCUT2D eigenvalue weighted by Gasteiger charge is -2.54. The monoisotopic (exact) mass is 215 g/mol. The molecule has 0 aromatic heterocycles. The average Bonchev–Trinajstić information content (AvgIpc) is 2.18. The van der Waals surface area contributed by atoms with E-state index in [0.29, 0.717) is 25.8 Å². The molecular weight excluding hydrogens is 198 g/mol. The van der Waals surface area contributed by atoms with Crippen LogP contribution in [0.25, 0.3) is 0 Å². The lowest BCUT2D eigenvalue weighted by Crippen LogP contribution is -2.64. The number of nitrogens with one attached hydrogen (secondary N) is 1. The standard InChI is InChI=1S/C10H17NO4/c1-14-10(15-2)5-9(6-10)3-7(12)4-11-8(9)13/h7,12H,3-6H2,1-2H3,(H,11,13). The highest BCUT2D eigenvalue weighted by Crippen LogP contribution is 2.54. The van der Waals surface area contributed by atoms with Crippen LogP contribution in [0.3, 0.4) is 0 Å². The molecule has 2 N–H and O–H groups in total. The summed E-state index contributed by atoms with van der Waals surface area (Å²) in [5.74, 6) is -0.619. The average molecular weight is 215 g/mol. The van der Waals surface area contributed by atoms with Gasteiger partial charge in [-0.15, -0.1) is 0 Å². The number of rotatable bonds is 2. The fraction of sp³-hybridized carbons (Fsp3) is 0.900. The third-order valence-corrected chi connectivity index (χ3v) is 3.57. The van der Waals surface area contributed by atoms with Crippen molar-refractivity contribution < 1.29 is 19.4 Å². The number of methoxy groups -OCH3 is 2. The summed E-state index contributed by atoms with van der Waals surface area (Å²) in [6, 6.07) is 0. The van der Waals surface area contributed by atoms with Gasteiger partial charge in [-0.3, -0.25) is 4.79 Å². The molecule has 2 rings (SSSR count). The zero-order valence-corrected chi connectivity index (χ0v) is 9.08. The third kappa shape index (κ3) is 1.55. The highest BCUT2D eigenvalue weighted by Gasteiger charge is 2.61. The van der Waals surface area contributed by atoms with Crippen molar-refractivity contribution in [1.82, 2.24) is 5.32 Å². The quantitative estimate of drug-likeness (QED) is 0.617. The van der Waals surface area contributed by atoms with E-state index in [4.69, 9.17) is 9.47 Å². The maximum Gasteiger partial charge on any atom is 0.226 e. The van der Waals surface area contributed by atoms with Crippen molar-refractivity contribution in [3.8, 4) is 0 Å². The number of ether oxygens (including phenoxy) is 2. The van der Waals surface area contributed by atoms with Crippen LogP contribution in [0, 0.1) is 5.41 Å². The van der Waals surface area contributed by atoms with Gasteiger partial charge in [-0.2, -0.15) is 0 Å². The minimum absolute atomic E-state index is 0.0116. The van der Waals surface area contributed by atoms with Gasteiger partial charge in [0.2, 0.25) is 5.91 Å². The van der Waals surface area contributed by atoms with Crippen molar-refractivity contribution in [2.75, 3.05) is 20.8 Å². The Morgan fingerprint density at radius 3 is 2.53 bits per heavy atom. The number of piperidine rings is 1. The number of hydrogen-bond donors (Lipinski definition) is 2. The molecule has 1 saturated carbocycles. The summed E-state index contributed by atoms with van der Waals surface area (Å²) in [4.78, 5) is 11.7. The van der Waals surface area contributed by atoms with Gasteiger partial charge in [0.15, 0.2) is 5.79 Å². The normalized spacial score (nSPS) is 32.2. The smallest absolute Gasteiger partial charge is 0.226 e. The minimum Gasteiger partial charge on any atom is -0.391 e. The van der Waals surface area contributed by atoms with E-state index in [2.05, 4.69) is 5.32 Å². The third-order valence-electron chi connectivity index (χ3n) is 3.57. The largest absolute Gasteiger partial charge is 0.391 e. The van der Waals surface area contributed by atoms with Gasteiger partial charge in [0.1, 0.15) is 0 Å². The Morgan fingerprint density at radius 2 is 2.00 bits per heavy atom. The van der Waals surface area contributed by atoms with Crippen LogP contribution in [0.1, 0.15) is 19.3 Å². The molecule has 0 radical (unpaired) electrons. The first-order valence-corrected chi connectivity index (χ1v) is 5.12. The second kappa shape index (κ2) is 3.43. The topological polar surface area (TPSA) is 67.8 Å². The second-order valence-electron chi connectivity index (χ2n) is 4.52. The molecule has 1 aliphatic carbocycles. The Bertz CT molecular complexity index is 267. The minimum atomic E-state index is -0.631. The Kier molecular flexibility index (Phi) is 2.48. The van der Waals surface area contributed by atoms with Crippen LogP contribution in [0.15, 0.2) is 0 Å². The van der Waals surface area contributed by atoms with E-state index >= 15 is 0 Å². The first kappa shape index (κ1) is 10.9. The van der Waals surface area contributed by atoms with E-state index in [9.17, 15) is 9.90 Å². The molecule has 5 heteroatoms. The van der Waals surface area contributed by atoms with E-state index in [0.717, 1.165) is 0 Å². The summed E-state index contributed by atoms with van der Waals surface area (Å²) in [6.07, 6.45) is 1.11. The summed E-state index contributed by atoms with van der Waals surface area (Å²) in [5, 5.41) is 12.3. The van der Waals surface area contributed by atoms with Crippen LogP contribution in [0.4, 0.5) is 0 Å². The first-order valence-electron chi connectivity index (χ1n) is 5.12. The lowest BCUT2D eigenvalue weighted by atomic mass is 9.59. The van der Waals surface area contributed by atoms with Gasteiger partial charge < -0.3 is 19.9 Å². The van der Waals surface area contributed by atoms with Crippen LogP contribution in [-0.2, 0) is 14.3 Å². The van der Waals surface area contributed by atoms with Crippen molar-refractivity contribution in [3.05, 3.63) is 0 Å². The van der Waals surface area contributed by atoms with E-state index in [1.807, 2.05) is 0 Å². The highest BCUT2D eigenvalue weighted by molar-refractivity contribution is 5.85. The number of amides is 1. The highest BCUT2D eigenvalue weighted by atomic mass is 16.7. The van der Waals surface area contributed by atoms with Gasteiger partial charge in [0, 0.05) is 33.6 Å². The van der Waals surface area contributed by atoms with Gasteiger partial charge in [-0.1, -0.05) is 0 Å². The fourth-order valence-corrected chi connectivity index (χ4v) is 2.67. The summed E-state index contributed by atoms with van der Waals surface area (Å²) < 4.78 is 10.5. The molecule has 0 aromatic rings. The number of aliphatic hydroxyl groups excluding tert-OH is 1. The van der Waals surface area contributed by atoms with Gasteiger partial charge in [0.25, 0.3) is 0 Å². The summed E-state index contributed by atoms with van der Waals surface area (Å²) in [6.45, 7) is 0.355. The molecule has 1 atom stereocenters. The van der Waals surface area contributed by atoms with Crippen molar-refractivity contribution in [2.45, 2.75) is 31.2 Å². The Balaban J connectivity index is 2.08. The molecule has 1 unspecified atom stereocenters. The van der Waals surface area contributed by atoms with Crippen LogP contribution in [-0.4, -0.2) is 43.7 Å². The molecule has 5 nitrogen and oxygen atoms in total. The Labute approximate surface area is 88.7 Å². The molecule has 1 spiro atoms. The Hall–Kier alpha value is -0.650. The zero-order valence-electron chi connectivity index (χ0n) is 9.08. The van der Waals surface area contributed by atoms with Crippen molar-refractivity contribution in [3.63, 3.8) is 0 Å². The second-order valence-corrected chi connectivity index (χ2v) is 4.52. The zero-order chi connectivity index (χ0) is 11.1. The molecular formula is C10H17NO4. The first-order chi connectivity index (χ1) is 7.06. The number of hydrogen-bond acceptors (Lipinski definition) is 4. The molecule has 2 fully saturated rings. The number of β-amino-alcohol motifs (C(OH)–C–C–N with tert-alkyl or cyclic N) is 1. The van der Waals surface area contributed by atoms with Crippen LogP contribution in [0.5, 0.6) is 0 Å². The summed E-state index contributed by atoms with van der Waals surface area (Å²) in [5.41, 5.74) is -0.482. The SMILES string of the molecule is COC1(OC)CC2(CC(O)CNC2=O)C1. The molecule has 1 amide bonds. The van der Waals surface area contributed by atoms with Crippen molar-refractivity contribution >= 4 is 5.91 Å². The van der Waals surface area contributed by atoms with E-state index in [1.54, 1.807) is 14.2 Å². The molecule has 86 valence electrons. The van der Waals surface area contributed by atoms with E-state index < -0.39 is 17.3 Å². The predicted molar refractivity (Wildman–Crippen MR) is 52.0 cm³/mol. The number of aliphatic hydroxyl groups is 1. The molecule has 2 aliphatic rings. The van der Waals surface area contributed by atoms with Crippen LogP contribution in [0.2, 0.25) is 0 Å². The van der Waals surface area contributed by atoms with Crippen molar-refractivity contribution in [1.29, 1.82) is 0 Å². The van der Waals surface area contributed by atoms with Gasteiger partial charge in [0.05, 0.1) is 11.5 Å². The molecule has 15 heavy (non-hydrogen) atoms. The lowest BCUT2D eigenvalue weighted by molar-refractivity contribution is -0.296. The van der Waals surface area contributed by atoms with Gasteiger partial charge in [-0.05, 0) is 6.42 Å². The predicted octanol–water partition coefficient (Wildman–Crippen LogP) is -0.364. The maximum atomic E-state index is 11.7. The molecule has 0 aromatic carbocycles. The maximum absolute atomic E-state index is 11.7. The van der Waals surface area contributed by atoms with E-state index in [1.165, 1.54) is 0 Å².